The molecule has 1 spiro atoms. The Bertz CT molecular complexity index is 883. The zero-order chi connectivity index (χ0) is 20.6. The van der Waals surface area contributed by atoms with Crippen molar-refractivity contribution >= 4 is 5.91 Å². The van der Waals surface area contributed by atoms with Gasteiger partial charge in [0.25, 0.3) is 0 Å². The number of nitrogens with zero attached hydrogens (tertiary/aromatic N) is 4. The first-order valence-electron chi connectivity index (χ1n) is 10.5. The van der Waals surface area contributed by atoms with E-state index in [4.69, 9.17) is 4.74 Å². The van der Waals surface area contributed by atoms with Crippen LogP contribution in [0.3, 0.4) is 0 Å². The maximum Gasteiger partial charge on any atom is 0.228 e. The molecule has 6 heteroatoms. The maximum atomic E-state index is 12.9. The van der Waals surface area contributed by atoms with Gasteiger partial charge in [-0.25, -0.2) is 4.68 Å². The molecule has 2 aromatic rings. The normalized spacial score (nSPS) is 22.4. The van der Waals surface area contributed by atoms with E-state index in [1.54, 1.807) is 7.11 Å². The summed E-state index contributed by atoms with van der Waals surface area (Å²) in [6, 6.07) is 10.7. The van der Waals surface area contributed by atoms with Crippen molar-refractivity contribution in [2.45, 2.75) is 45.8 Å². The number of rotatable bonds is 4. The summed E-state index contributed by atoms with van der Waals surface area (Å²) in [6.45, 7) is 7.61. The minimum atomic E-state index is -0.240. The Morgan fingerprint density at radius 3 is 2.62 bits per heavy atom. The number of aromatic nitrogens is 2. The molecule has 1 aromatic carbocycles. The molecule has 0 bridgehead atoms. The first kappa shape index (κ1) is 20.1. The molecule has 4 rings (SSSR count). The Balaban J connectivity index is 1.43. The van der Waals surface area contributed by atoms with Crippen LogP contribution in [0.5, 0.6) is 0 Å². The molecule has 0 saturated carbocycles. The Morgan fingerprint density at radius 2 is 1.97 bits per heavy atom. The van der Waals surface area contributed by atoms with Gasteiger partial charge in [-0.3, -0.25) is 9.69 Å². The Labute approximate surface area is 173 Å². The maximum absolute atomic E-state index is 12.9. The number of methoxy groups -OCH3 is 1. The lowest BCUT2D eigenvalue weighted by Crippen LogP contribution is -2.56. The van der Waals surface area contributed by atoms with Crippen LogP contribution in [0.1, 0.15) is 36.2 Å². The number of hydrogen-bond donors (Lipinski definition) is 0. The monoisotopic (exact) mass is 396 g/mol. The topological polar surface area (TPSA) is 50.6 Å². The molecule has 0 radical (unpaired) electrons. The van der Waals surface area contributed by atoms with Crippen LogP contribution in [-0.4, -0.2) is 65.4 Å². The smallest absolute Gasteiger partial charge is 0.228 e. The quantitative estimate of drug-likeness (QED) is 0.797. The number of carbonyl (C=O) groups excluding carboxylic acids is 1. The molecular weight excluding hydrogens is 364 g/mol. The van der Waals surface area contributed by atoms with Crippen LogP contribution >= 0.6 is 0 Å². The van der Waals surface area contributed by atoms with Crippen molar-refractivity contribution in [3.8, 4) is 5.69 Å². The lowest BCUT2D eigenvalue weighted by atomic mass is 9.71. The molecule has 1 aromatic heterocycles. The Morgan fingerprint density at radius 1 is 1.21 bits per heavy atom. The molecular formula is C23H32N4O2. The van der Waals surface area contributed by atoms with Gasteiger partial charge in [-0.15, -0.1) is 0 Å². The molecule has 1 unspecified atom stereocenters. The summed E-state index contributed by atoms with van der Waals surface area (Å²) in [6.07, 6.45) is 2.83. The second kappa shape index (κ2) is 7.92. The number of ether oxygens (including phenoxy) is 1. The van der Waals surface area contributed by atoms with E-state index in [1.165, 1.54) is 5.56 Å². The molecule has 0 N–H and O–H groups in total. The number of likely N-dealkylation sites (tertiary alicyclic amines) is 2. The minimum absolute atomic E-state index is 0.154. The van der Waals surface area contributed by atoms with E-state index in [2.05, 4.69) is 47.3 Å². The Hall–Kier alpha value is -2.18. The summed E-state index contributed by atoms with van der Waals surface area (Å²) in [7, 11) is 3.67. The number of likely N-dealkylation sites (N-methyl/N-ethyl adjacent to an activating group) is 1. The van der Waals surface area contributed by atoms with Gasteiger partial charge in [-0.1, -0.05) is 12.1 Å². The predicted octanol–water partition coefficient (Wildman–Crippen LogP) is 2.95. The number of carbonyl (C=O) groups is 1. The SMILES string of the molecule is COC1CN(C)C(=O)C2(CCN(Cc3cccc(-n4nc(C)cc4C)c3)CC2)C1. The van der Waals surface area contributed by atoms with E-state index < -0.39 is 0 Å². The summed E-state index contributed by atoms with van der Waals surface area (Å²) in [4.78, 5) is 17.2. The third-order valence-corrected chi connectivity index (χ3v) is 6.61. The van der Waals surface area contributed by atoms with Crippen molar-refractivity contribution < 1.29 is 9.53 Å². The molecule has 6 nitrogen and oxygen atoms in total. The zero-order valence-corrected chi connectivity index (χ0v) is 18.0. The van der Waals surface area contributed by atoms with E-state index in [9.17, 15) is 4.79 Å². The van der Waals surface area contributed by atoms with Crippen LogP contribution in [0.25, 0.3) is 5.69 Å². The van der Waals surface area contributed by atoms with Crippen molar-refractivity contribution in [2.24, 2.45) is 5.41 Å². The van der Waals surface area contributed by atoms with Crippen LogP contribution in [0, 0.1) is 19.3 Å². The molecule has 29 heavy (non-hydrogen) atoms. The predicted molar refractivity (Wildman–Crippen MR) is 113 cm³/mol. The average molecular weight is 397 g/mol. The minimum Gasteiger partial charge on any atom is -0.380 e. The highest BCUT2D eigenvalue weighted by Gasteiger charge is 2.47. The highest BCUT2D eigenvalue weighted by molar-refractivity contribution is 5.83. The van der Waals surface area contributed by atoms with Gasteiger partial charge in [0.15, 0.2) is 0 Å². The van der Waals surface area contributed by atoms with Crippen molar-refractivity contribution in [2.75, 3.05) is 33.8 Å². The van der Waals surface area contributed by atoms with Crippen molar-refractivity contribution in [3.05, 3.63) is 47.3 Å². The van der Waals surface area contributed by atoms with Gasteiger partial charge in [0.2, 0.25) is 5.91 Å². The lowest BCUT2D eigenvalue weighted by molar-refractivity contribution is -0.156. The lowest BCUT2D eigenvalue weighted by Gasteiger charge is -2.47. The van der Waals surface area contributed by atoms with E-state index in [0.29, 0.717) is 12.5 Å². The molecule has 2 aliphatic heterocycles. The largest absolute Gasteiger partial charge is 0.380 e. The van der Waals surface area contributed by atoms with Crippen LogP contribution in [0.15, 0.2) is 30.3 Å². The van der Waals surface area contributed by atoms with Crippen LogP contribution in [-0.2, 0) is 16.1 Å². The van der Waals surface area contributed by atoms with E-state index in [-0.39, 0.29) is 11.5 Å². The second-order valence-corrected chi connectivity index (χ2v) is 8.81. The summed E-state index contributed by atoms with van der Waals surface area (Å²) in [5, 5.41) is 4.61. The highest BCUT2D eigenvalue weighted by Crippen LogP contribution is 2.41. The van der Waals surface area contributed by atoms with Crippen molar-refractivity contribution in [1.82, 2.24) is 19.6 Å². The standard InChI is InChI=1S/C23H32N4O2/c1-17-12-18(2)27(24-17)20-7-5-6-19(13-20)15-26-10-8-23(9-11-26)14-21(29-4)16-25(3)22(23)28/h5-7,12-13,21H,8-11,14-16H2,1-4H3. The van der Waals surface area contributed by atoms with Crippen LogP contribution in [0.4, 0.5) is 0 Å². The van der Waals surface area contributed by atoms with Gasteiger partial charge in [-0.05, 0) is 70.0 Å². The number of piperidine rings is 2. The zero-order valence-electron chi connectivity index (χ0n) is 18.0. The fourth-order valence-corrected chi connectivity index (χ4v) is 5.03. The van der Waals surface area contributed by atoms with Gasteiger partial charge in [0.05, 0.1) is 22.9 Å². The number of benzene rings is 1. The van der Waals surface area contributed by atoms with Crippen molar-refractivity contribution in [1.29, 1.82) is 0 Å². The van der Waals surface area contributed by atoms with Gasteiger partial charge in [0, 0.05) is 32.9 Å². The van der Waals surface area contributed by atoms with Crippen LogP contribution < -0.4 is 0 Å². The first-order valence-corrected chi connectivity index (χ1v) is 10.5. The Kier molecular flexibility index (Phi) is 5.49. The fraction of sp³-hybridized carbons (Fsp3) is 0.565. The van der Waals surface area contributed by atoms with E-state index in [1.807, 2.05) is 23.6 Å². The van der Waals surface area contributed by atoms with E-state index >= 15 is 0 Å². The molecule has 2 saturated heterocycles. The first-order chi connectivity index (χ1) is 13.9. The molecule has 1 amide bonds. The molecule has 1 atom stereocenters. The fourth-order valence-electron chi connectivity index (χ4n) is 5.03. The van der Waals surface area contributed by atoms with Crippen LogP contribution in [0.2, 0.25) is 0 Å². The van der Waals surface area contributed by atoms with Gasteiger partial charge < -0.3 is 9.64 Å². The van der Waals surface area contributed by atoms with Gasteiger partial charge in [0.1, 0.15) is 0 Å². The van der Waals surface area contributed by atoms with Gasteiger partial charge in [-0.2, -0.15) is 5.10 Å². The molecule has 0 aliphatic carbocycles. The molecule has 3 heterocycles. The summed E-state index contributed by atoms with van der Waals surface area (Å²) >= 11 is 0. The number of aryl methyl sites for hydroxylation is 2. The average Bonchev–Trinajstić information content (AvgIpc) is 3.06. The number of hydrogen-bond acceptors (Lipinski definition) is 4. The second-order valence-electron chi connectivity index (χ2n) is 8.81. The number of amides is 1. The van der Waals surface area contributed by atoms with E-state index in [0.717, 1.165) is 56.0 Å². The summed E-state index contributed by atoms with van der Waals surface area (Å²) < 4.78 is 7.62. The summed E-state index contributed by atoms with van der Waals surface area (Å²) in [5.41, 5.74) is 4.33. The molecule has 2 aliphatic rings. The third kappa shape index (κ3) is 3.96. The molecule has 156 valence electrons. The summed E-state index contributed by atoms with van der Waals surface area (Å²) in [5.74, 6) is 0.303. The third-order valence-electron chi connectivity index (χ3n) is 6.61. The van der Waals surface area contributed by atoms with Gasteiger partial charge >= 0.3 is 0 Å². The highest BCUT2D eigenvalue weighted by atomic mass is 16.5. The van der Waals surface area contributed by atoms with Crippen molar-refractivity contribution in [3.63, 3.8) is 0 Å². The molecule has 2 fully saturated rings.